The Hall–Kier alpha value is -0.0900. The van der Waals surface area contributed by atoms with Crippen LogP contribution in [0.5, 0.6) is 0 Å². The molecular weight excluding hydrogens is 324 g/mol. The smallest absolute Gasteiger partial charge is 0.0451 e. The van der Waals surface area contributed by atoms with Gasteiger partial charge in [0.05, 0.1) is 0 Å². The molecule has 1 aromatic carbocycles. The summed E-state index contributed by atoms with van der Waals surface area (Å²) in [6, 6.07) is 6.10. The SMILES string of the molecule is CCN(Cc1cc(Br)ccc1Cl)CC1CCNCC1. The third kappa shape index (κ3) is 4.75. The molecule has 0 aliphatic carbocycles. The summed E-state index contributed by atoms with van der Waals surface area (Å²) in [5, 5.41) is 4.29. The maximum Gasteiger partial charge on any atom is 0.0451 e. The summed E-state index contributed by atoms with van der Waals surface area (Å²) < 4.78 is 1.10. The molecule has 1 N–H and O–H groups in total. The van der Waals surface area contributed by atoms with Crippen LogP contribution >= 0.6 is 27.5 Å². The van der Waals surface area contributed by atoms with Gasteiger partial charge in [0.15, 0.2) is 0 Å². The molecule has 19 heavy (non-hydrogen) atoms. The van der Waals surface area contributed by atoms with Crippen LogP contribution in [0.25, 0.3) is 0 Å². The molecule has 1 heterocycles. The highest BCUT2D eigenvalue weighted by Crippen LogP contribution is 2.23. The molecule has 0 bridgehead atoms. The van der Waals surface area contributed by atoms with E-state index < -0.39 is 0 Å². The summed E-state index contributed by atoms with van der Waals surface area (Å²) in [5.41, 5.74) is 1.21. The lowest BCUT2D eigenvalue weighted by molar-refractivity contribution is 0.207. The van der Waals surface area contributed by atoms with E-state index in [1.807, 2.05) is 12.1 Å². The minimum atomic E-state index is 0.826. The van der Waals surface area contributed by atoms with E-state index in [-0.39, 0.29) is 0 Å². The molecule has 0 unspecified atom stereocenters. The second-order valence-electron chi connectivity index (χ2n) is 5.26. The van der Waals surface area contributed by atoms with Gasteiger partial charge in [-0.2, -0.15) is 0 Å². The van der Waals surface area contributed by atoms with Crippen molar-refractivity contribution in [2.24, 2.45) is 5.92 Å². The summed E-state index contributed by atoms with van der Waals surface area (Å²) >= 11 is 9.80. The molecule has 2 rings (SSSR count). The molecular formula is C15H22BrClN2. The summed E-state index contributed by atoms with van der Waals surface area (Å²) in [7, 11) is 0. The lowest BCUT2D eigenvalue weighted by atomic mass is 9.97. The van der Waals surface area contributed by atoms with Crippen LogP contribution in [0.15, 0.2) is 22.7 Å². The minimum absolute atomic E-state index is 0.826. The fraction of sp³-hybridized carbons (Fsp3) is 0.600. The molecule has 0 aromatic heterocycles. The molecule has 2 nitrogen and oxygen atoms in total. The quantitative estimate of drug-likeness (QED) is 0.870. The molecule has 0 spiro atoms. The average Bonchev–Trinajstić information content (AvgIpc) is 2.43. The zero-order chi connectivity index (χ0) is 13.7. The number of hydrogen-bond donors (Lipinski definition) is 1. The van der Waals surface area contributed by atoms with Crippen molar-refractivity contribution < 1.29 is 0 Å². The van der Waals surface area contributed by atoms with Gasteiger partial charge in [0, 0.05) is 22.6 Å². The minimum Gasteiger partial charge on any atom is -0.317 e. The third-order valence-electron chi connectivity index (χ3n) is 3.82. The van der Waals surface area contributed by atoms with Gasteiger partial charge in [-0.3, -0.25) is 4.90 Å². The molecule has 0 amide bonds. The van der Waals surface area contributed by atoms with E-state index in [9.17, 15) is 0 Å². The van der Waals surface area contributed by atoms with Gasteiger partial charge >= 0.3 is 0 Å². The van der Waals surface area contributed by atoms with Crippen molar-refractivity contribution >= 4 is 27.5 Å². The number of halogens is 2. The molecule has 4 heteroatoms. The Morgan fingerprint density at radius 1 is 1.37 bits per heavy atom. The predicted octanol–water partition coefficient (Wildman–Crippen LogP) is 3.92. The van der Waals surface area contributed by atoms with Crippen LogP contribution in [-0.4, -0.2) is 31.1 Å². The van der Waals surface area contributed by atoms with Gasteiger partial charge < -0.3 is 5.32 Å². The van der Waals surface area contributed by atoms with Crippen molar-refractivity contribution in [3.05, 3.63) is 33.3 Å². The summed E-state index contributed by atoms with van der Waals surface area (Å²) in [6.07, 6.45) is 2.59. The lowest BCUT2D eigenvalue weighted by Gasteiger charge is -2.29. The van der Waals surface area contributed by atoms with E-state index in [0.29, 0.717) is 0 Å². The van der Waals surface area contributed by atoms with E-state index in [4.69, 9.17) is 11.6 Å². The number of rotatable bonds is 5. The van der Waals surface area contributed by atoms with E-state index in [0.717, 1.165) is 28.5 Å². The molecule has 0 saturated carbocycles. The molecule has 1 fully saturated rings. The van der Waals surface area contributed by atoms with Gasteiger partial charge in [-0.05, 0) is 62.2 Å². The fourth-order valence-corrected chi connectivity index (χ4v) is 3.23. The largest absolute Gasteiger partial charge is 0.317 e. The molecule has 0 atom stereocenters. The number of hydrogen-bond acceptors (Lipinski definition) is 2. The van der Waals surface area contributed by atoms with Crippen LogP contribution in [0.3, 0.4) is 0 Å². The van der Waals surface area contributed by atoms with Crippen molar-refractivity contribution in [2.75, 3.05) is 26.2 Å². The van der Waals surface area contributed by atoms with E-state index in [1.54, 1.807) is 0 Å². The highest BCUT2D eigenvalue weighted by Gasteiger charge is 2.17. The maximum atomic E-state index is 6.28. The normalized spacial score (nSPS) is 17.1. The highest BCUT2D eigenvalue weighted by molar-refractivity contribution is 9.10. The van der Waals surface area contributed by atoms with Crippen LogP contribution in [0.2, 0.25) is 5.02 Å². The zero-order valence-corrected chi connectivity index (χ0v) is 13.8. The second-order valence-corrected chi connectivity index (χ2v) is 6.58. The van der Waals surface area contributed by atoms with Crippen molar-refractivity contribution in [3.63, 3.8) is 0 Å². The summed E-state index contributed by atoms with van der Waals surface area (Å²) in [4.78, 5) is 2.50. The van der Waals surface area contributed by atoms with E-state index in [1.165, 1.54) is 38.0 Å². The van der Waals surface area contributed by atoms with E-state index in [2.05, 4.69) is 39.1 Å². The van der Waals surface area contributed by atoms with Crippen molar-refractivity contribution in [1.82, 2.24) is 10.2 Å². The van der Waals surface area contributed by atoms with Gasteiger partial charge in [0.25, 0.3) is 0 Å². The Bertz CT molecular complexity index is 405. The first-order valence-corrected chi connectivity index (χ1v) is 8.23. The molecule has 1 aromatic rings. The Morgan fingerprint density at radius 2 is 2.11 bits per heavy atom. The van der Waals surface area contributed by atoms with Crippen LogP contribution in [0.4, 0.5) is 0 Å². The number of nitrogens with zero attached hydrogens (tertiary/aromatic N) is 1. The Morgan fingerprint density at radius 3 is 2.79 bits per heavy atom. The van der Waals surface area contributed by atoms with Gasteiger partial charge in [-0.15, -0.1) is 0 Å². The van der Waals surface area contributed by atoms with Crippen molar-refractivity contribution in [1.29, 1.82) is 0 Å². The fourth-order valence-electron chi connectivity index (χ4n) is 2.64. The van der Waals surface area contributed by atoms with Crippen LogP contribution in [-0.2, 0) is 6.54 Å². The van der Waals surface area contributed by atoms with Gasteiger partial charge in [-0.25, -0.2) is 0 Å². The topological polar surface area (TPSA) is 15.3 Å². The number of benzene rings is 1. The van der Waals surface area contributed by atoms with E-state index >= 15 is 0 Å². The molecule has 106 valence electrons. The first kappa shape index (κ1) is 15.3. The Balaban J connectivity index is 1.95. The Labute approximate surface area is 129 Å². The van der Waals surface area contributed by atoms with Crippen LogP contribution in [0, 0.1) is 5.92 Å². The van der Waals surface area contributed by atoms with Crippen LogP contribution in [0.1, 0.15) is 25.3 Å². The monoisotopic (exact) mass is 344 g/mol. The predicted molar refractivity (Wildman–Crippen MR) is 85.7 cm³/mol. The first-order chi connectivity index (χ1) is 9.19. The molecule has 1 saturated heterocycles. The van der Waals surface area contributed by atoms with Crippen LogP contribution < -0.4 is 5.32 Å². The maximum absolute atomic E-state index is 6.28. The molecule has 0 radical (unpaired) electrons. The lowest BCUT2D eigenvalue weighted by Crippen LogP contribution is -2.35. The average molecular weight is 346 g/mol. The Kier molecular flexibility index (Phi) is 6.14. The van der Waals surface area contributed by atoms with Gasteiger partial charge in [0.2, 0.25) is 0 Å². The van der Waals surface area contributed by atoms with Gasteiger partial charge in [0.1, 0.15) is 0 Å². The first-order valence-electron chi connectivity index (χ1n) is 7.06. The third-order valence-corrected chi connectivity index (χ3v) is 4.69. The molecule has 1 aliphatic heterocycles. The summed E-state index contributed by atoms with van der Waals surface area (Å²) in [6.45, 7) is 7.76. The van der Waals surface area contributed by atoms with Crippen molar-refractivity contribution in [3.8, 4) is 0 Å². The number of piperidine rings is 1. The zero-order valence-electron chi connectivity index (χ0n) is 11.5. The summed E-state index contributed by atoms with van der Waals surface area (Å²) in [5.74, 6) is 0.826. The van der Waals surface area contributed by atoms with Crippen molar-refractivity contribution in [2.45, 2.75) is 26.3 Å². The highest BCUT2D eigenvalue weighted by atomic mass is 79.9. The van der Waals surface area contributed by atoms with Gasteiger partial charge in [-0.1, -0.05) is 34.5 Å². The standard InChI is InChI=1S/C15H22BrClN2/c1-2-19(10-12-5-7-18-8-6-12)11-13-9-14(16)3-4-15(13)17/h3-4,9,12,18H,2,5-8,10-11H2,1H3. The second kappa shape index (κ2) is 7.63. The number of nitrogens with one attached hydrogen (secondary N) is 1. The molecule has 1 aliphatic rings.